The van der Waals surface area contributed by atoms with Gasteiger partial charge in [0.15, 0.2) is 0 Å². The molecule has 0 aromatic heterocycles. The summed E-state index contributed by atoms with van der Waals surface area (Å²) < 4.78 is 35.7. The summed E-state index contributed by atoms with van der Waals surface area (Å²) in [4.78, 5) is 14.4. The molecule has 0 spiro atoms. The van der Waals surface area contributed by atoms with E-state index in [1.54, 1.807) is 0 Å². The second-order valence-electron chi connectivity index (χ2n) is 9.34. The SMILES string of the molecule is CN1CCc2ccc(OCC3(C(=O)O)CCN(S(=O)(=O)NC4CCNCC4)CC3)cc2C1. The number of benzene rings is 1. The van der Waals surface area contributed by atoms with Crippen molar-refractivity contribution in [2.75, 3.05) is 46.4 Å². The molecule has 3 N–H and O–H groups in total. The summed E-state index contributed by atoms with van der Waals surface area (Å²) >= 11 is 0. The van der Waals surface area contributed by atoms with Crippen LogP contribution in [-0.2, 0) is 28.0 Å². The first-order valence-electron chi connectivity index (χ1n) is 11.4. The summed E-state index contributed by atoms with van der Waals surface area (Å²) in [7, 11) is -1.54. The molecule has 3 heterocycles. The van der Waals surface area contributed by atoms with Gasteiger partial charge in [0, 0.05) is 32.2 Å². The van der Waals surface area contributed by atoms with E-state index >= 15 is 0 Å². The lowest BCUT2D eigenvalue weighted by atomic mass is 9.80. The molecule has 0 radical (unpaired) electrons. The number of ether oxygens (including phenoxy) is 1. The number of rotatable bonds is 7. The third-order valence-electron chi connectivity index (χ3n) is 7.02. The minimum atomic E-state index is -3.62. The third kappa shape index (κ3) is 5.26. The Morgan fingerprint density at radius 3 is 2.62 bits per heavy atom. The average molecular weight is 467 g/mol. The van der Waals surface area contributed by atoms with Gasteiger partial charge >= 0.3 is 5.97 Å². The van der Waals surface area contributed by atoms with Crippen molar-refractivity contribution < 1.29 is 23.1 Å². The van der Waals surface area contributed by atoms with E-state index in [0.29, 0.717) is 5.75 Å². The molecule has 2 fully saturated rings. The Kier molecular flexibility index (Phi) is 7.06. The topological polar surface area (TPSA) is 111 Å². The quantitative estimate of drug-likeness (QED) is 0.545. The fourth-order valence-electron chi connectivity index (χ4n) is 4.79. The van der Waals surface area contributed by atoms with Gasteiger partial charge in [-0.2, -0.15) is 17.4 Å². The second kappa shape index (κ2) is 9.64. The normalized spacial score (nSPS) is 22.9. The Hall–Kier alpha value is -1.72. The first-order chi connectivity index (χ1) is 15.3. The lowest BCUT2D eigenvalue weighted by Crippen LogP contribution is -2.54. The zero-order valence-corrected chi connectivity index (χ0v) is 19.5. The number of carboxylic acids is 1. The van der Waals surface area contributed by atoms with Gasteiger partial charge in [0.05, 0.1) is 0 Å². The number of nitrogens with zero attached hydrogens (tertiary/aromatic N) is 2. The van der Waals surface area contributed by atoms with Crippen molar-refractivity contribution in [3.63, 3.8) is 0 Å². The maximum absolute atomic E-state index is 12.8. The number of hydrogen-bond donors (Lipinski definition) is 3. The van der Waals surface area contributed by atoms with Crippen molar-refractivity contribution in [3.05, 3.63) is 29.3 Å². The van der Waals surface area contributed by atoms with Crippen molar-refractivity contribution in [2.24, 2.45) is 5.41 Å². The Labute approximate surface area is 190 Å². The molecule has 10 heteroatoms. The highest BCUT2D eigenvalue weighted by Gasteiger charge is 2.45. The van der Waals surface area contributed by atoms with Crippen molar-refractivity contribution in [2.45, 2.75) is 44.7 Å². The number of nitrogens with one attached hydrogen (secondary N) is 2. The molecule has 0 atom stereocenters. The molecular formula is C22H34N4O5S. The lowest BCUT2D eigenvalue weighted by Gasteiger charge is -2.38. The molecule has 1 aromatic carbocycles. The third-order valence-corrected chi connectivity index (χ3v) is 8.70. The molecule has 1 aromatic rings. The van der Waals surface area contributed by atoms with E-state index in [0.717, 1.165) is 45.4 Å². The summed E-state index contributed by atoms with van der Waals surface area (Å²) in [6.45, 7) is 3.86. The van der Waals surface area contributed by atoms with Crippen molar-refractivity contribution >= 4 is 16.2 Å². The van der Waals surface area contributed by atoms with Gasteiger partial charge in [-0.1, -0.05) is 6.07 Å². The lowest BCUT2D eigenvalue weighted by molar-refractivity contribution is -0.153. The summed E-state index contributed by atoms with van der Waals surface area (Å²) in [5, 5.41) is 13.2. The Bertz CT molecular complexity index is 924. The fraction of sp³-hybridized carbons (Fsp3) is 0.682. The predicted molar refractivity (Wildman–Crippen MR) is 121 cm³/mol. The van der Waals surface area contributed by atoms with Crippen LogP contribution in [0.4, 0.5) is 0 Å². The van der Waals surface area contributed by atoms with Gasteiger partial charge in [-0.3, -0.25) is 4.79 Å². The second-order valence-corrected chi connectivity index (χ2v) is 11.0. The largest absolute Gasteiger partial charge is 0.492 e. The van der Waals surface area contributed by atoms with Gasteiger partial charge in [-0.15, -0.1) is 0 Å². The van der Waals surface area contributed by atoms with E-state index in [2.05, 4.69) is 28.1 Å². The number of likely N-dealkylation sites (N-methyl/N-ethyl adjacent to an activating group) is 1. The monoisotopic (exact) mass is 466 g/mol. The molecule has 0 bridgehead atoms. The van der Waals surface area contributed by atoms with Gasteiger partial charge < -0.3 is 20.1 Å². The molecule has 3 aliphatic heterocycles. The van der Waals surface area contributed by atoms with Gasteiger partial charge in [0.25, 0.3) is 10.2 Å². The van der Waals surface area contributed by atoms with Crippen LogP contribution in [0.25, 0.3) is 0 Å². The van der Waals surface area contributed by atoms with Crippen LogP contribution < -0.4 is 14.8 Å². The molecular weight excluding hydrogens is 432 g/mol. The van der Waals surface area contributed by atoms with Crippen LogP contribution in [0.3, 0.4) is 0 Å². The molecule has 3 aliphatic rings. The minimum Gasteiger partial charge on any atom is -0.492 e. The Balaban J connectivity index is 1.37. The van der Waals surface area contributed by atoms with Crippen LogP contribution in [0, 0.1) is 5.41 Å². The van der Waals surface area contributed by atoms with Gasteiger partial charge in [0.1, 0.15) is 17.8 Å². The molecule has 32 heavy (non-hydrogen) atoms. The van der Waals surface area contributed by atoms with Crippen molar-refractivity contribution in [1.29, 1.82) is 0 Å². The number of piperidine rings is 2. The van der Waals surface area contributed by atoms with E-state index < -0.39 is 21.6 Å². The molecule has 4 rings (SSSR count). The van der Waals surface area contributed by atoms with E-state index in [1.165, 1.54) is 15.4 Å². The molecule has 178 valence electrons. The highest BCUT2D eigenvalue weighted by molar-refractivity contribution is 7.87. The fourth-order valence-corrected chi connectivity index (χ4v) is 6.25. The van der Waals surface area contributed by atoms with Crippen molar-refractivity contribution in [3.8, 4) is 5.75 Å². The van der Waals surface area contributed by atoms with Crippen LogP contribution in [-0.4, -0.2) is 81.1 Å². The van der Waals surface area contributed by atoms with E-state index in [-0.39, 0.29) is 38.6 Å². The van der Waals surface area contributed by atoms with E-state index in [9.17, 15) is 18.3 Å². The Morgan fingerprint density at radius 1 is 1.22 bits per heavy atom. The average Bonchev–Trinajstić information content (AvgIpc) is 2.78. The molecule has 0 saturated carbocycles. The molecule has 2 saturated heterocycles. The molecule has 0 amide bonds. The summed E-state index contributed by atoms with van der Waals surface area (Å²) in [6, 6.07) is 5.90. The predicted octanol–water partition coefficient (Wildman–Crippen LogP) is 0.807. The molecule has 0 unspecified atom stereocenters. The first kappa shape index (κ1) is 23.4. The van der Waals surface area contributed by atoms with Gasteiger partial charge in [-0.25, -0.2) is 0 Å². The first-order valence-corrected chi connectivity index (χ1v) is 12.9. The standard InChI is InChI=1S/C22H34N4O5S/c1-25-11-6-17-2-3-20(14-18(17)15-25)31-16-22(21(27)28)7-12-26(13-8-22)32(29,30)24-19-4-9-23-10-5-19/h2-3,14,19,23-24H,4-13,15-16H2,1H3,(H,27,28). The van der Waals surface area contributed by atoms with Gasteiger partial charge in [-0.05, 0) is 75.5 Å². The number of fused-ring (bicyclic) bond motifs is 1. The maximum atomic E-state index is 12.8. The van der Waals surface area contributed by atoms with Gasteiger partial charge in [0.2, 0.25) is 0 Å². The number of carbonyl (C=O) groups is 1. The van der Waals surface area contributed by atoms with Crippen LogP contribution in [0.1, 0.15) is 36.8 Å². The summed E-state index contributed by atoms with van der Waals surface area (Å²) in [5.41, 5.74) is 1.43. The number of hydrogen-bond acceptors (Lipinski definition) is 6. The zero-order chi connectivity index (χ0) is 22.8. The number of aliphatic carboxylic acids is 1. The highest BCUT2D eigenvalue weighted by Crippen LogP contribution is 2.34. The number of carboxylic acid groups (broad SMARTS) is 1. The minimum absolute atomic E-state index is 0.0343. The molecule has 9 nitrogen and oxygen atoms in total. The van der Waals surface area contributed by atoms with Crippen LogP contribution in [0.2, 0.25) is 0 Å². The van der Waals surface area contributed by atoms with E-state index in [4.69, 9.17) is 4.74 Å². The smallest absolute Gasteiger partial charge is 0.313 e. The van der Waals surface area contributed by atoms with Crippen LogP contribution >= 0.6 is 0 Å². The summed E-state index contributed by atoms with van der Waals surface area (Å²) in [6.07, 6.45) is 2.97. The maximum Gasteiger partial charge on any atom is 0.313 e. The van der Waals surface area contributed by atoms with E-state index in [1.807, 2.05) is 12.1 Å². The zero-order valence-electron chi connectivity index (χ0n) is 18.7. The molecule has 0 aliphatic carbocycles. The summed E-state index contributed by atoms with van der Waals surface area (Å²) in [5.74, 6) is -0.263. The Morgan fingerprint density at radius 2 is 1.94 bits per heavy atom. The highest BCUT2D eigenvalue weighted by atomic mass is 32.2. The van der Waals surface area contributed by atoms with Crippen LogP contribution in [0.5, 0.6) is 5.75 Å². The van der Waals surface area contributed by atoms with Crippen LogP contribution in [0.15, 0.2) is 18.2 Å². The van der Waals surface area contributed by atoms with Crippen molar-refractivity contribution in [1.82, 2.24) is 19.2 Å².